The van der Waals surface area contributed by atoms with Crippen LogP contribution in [0, 0.1) is 0 Å². The van der Waals surface area contributed by atoms with Crippen LogP contribution in [0.5, 0.6) is 17.2 Å². The maximum atomic E-state index is 12.3. The third kappa shape index (κ3) is 5.28. The topological polar surface area (TPSA) is 56.8 Å². The molecule has 0 spiro atoms. The summed E-state index contributed by atoms with van der Waals surface area (Å²) in [6.07, 6.45) is -0.672. The Labute approximate surface area is 160 Å². The maximum Gasteiger partial charge on any atom is 0.261 e. The molecule has 1 atom stereocenters. The second-order valence-electron chi connectivity index (χ2n) is 5.23. The van der Waals surface area contributed by atoms with E-state index in [1.165, 1.54) is 0 Å². The van der Waals surface area contributed by atoms with E-state index in [-0.39, 0.29) is 5.91 Å². The molecule has 2 aromatic carbocycles. The molecule has 134 valence electrons. The number of amides is 1. The zero-order chi connectivity index (χ0) is 18.4. The van der Waals surface area contributed by atoms with Gasteiger partial charge in [0.25, 0.3) is 5.91 Å². The second kappa shape index (κ2) is 8.97. The second-order valence-corrected chi connectivity index (χ2v) is 6.52. The van der Waals surface area contributed by atoms with Crippen LogP contribution in [-0.4, -0.2) is 26.2 Å². The summed E-state index contributed by atoms with van der Waals surface area (Å²) in [4.78, 5) is 12.3. The van der Waals surface area contributed by atoms with Gasteiger partial charge in [-0.05, 0) is 59.3 Å². The van der Waals surface area contributed by atoms with Gasteiger partial charge in [0.15, 0.2) is 6.10 Å². The molecular weight excluding hydrogens is 410 g/mol. The van der Waals surface area contributed by atoms with Crippen LogP contribution in [0.2, 0.25) is 5.02 Å². The highest BCUT2D eigenvalue weighted by Crippen LogP contribution is 2.29. The first-order valence-electron chi connectivity index (χ1n) is 7.55. The summed E-state index contributed by atoms with van der Waals surface area (Å²) in [5, 5.41) is 3.42. The summed E-state index contributed by atoms with van der Waals surface area (Å²) in [5.41, 5.74) is 0.815. The van der Waals surface area contributed by atoms with E-state index in [0.717, 1.165) is 5.56 Å². The number of hydrogen-bond donors (Lipinski definition) is 1. The van der Waals surface area contributed by atoms with Gasteiger partial charge in [-0.2, -0.15) is 0 Å². The number of nitrogens with one attached hydrogen (secondary N) is 1. The van der Waals surface area contributed by atoms with Gasteiger partial charge in [0, 0.05) is 17.1 Å². The van der Waals surface area contributed by atoms with Crippen molar-refractivity contribution in [2.24, 2.45) is 0 Å². The van der Waals surface area contributed by atoms with Gasteiger partial charge < -0.3 is 19.5 Å². The monoisotopic (exact) mass is 427 g/mol. The lowest BCUT2D eigenvalue weighted by Crippen LogP contribution is -2.36. The number of hydrogen-bond acceptors (Lipinski definition) is 4. The Hall–Kier alpha value is -1.92. The zero-order valence-corrected chi connectivity index (χ0v) is 16.5. The number of carbonyl (C=O) groups excluding carboxylic acids is 1. The molecule has 0 aliphatic rings. The predicted molar refractivity (Wildman–Crippen MR) is 101 cm³/mol. The van der Waals surface area contributed by atoms with E-state index in [9.17, 15) is 4.79 Å². The lowest BCUT2D eigenvalue weighted by molar-refractivity contribution is -0.127. The van der Waals surface area contributed by atoms with Crippen molar-refractivity contribution in [2.75, 3.05) is 14.2 Å². The Balaban J connectivity index is 1.99. The molecule has 0 fully saturated rings. The first kappa shape index (κ1) is 19.4. The molecule has 2 aromatic rings. The molecular formula is C18H19BrClNO4. The van der Waals surface area contributed by atoms with E-state index in [2.05, 4.69) is 21.2 Å². The van der Waals surface area contributed by atoms with Crippen molar-refractivity contribution in [1.82, 2.24) is 5.32 Å². The highest BCUT2D eigenvalue weighted by Gasteiger charge is 2.17. The zero-order valence-electron chi connectivity index (χ0n) is 14.1. The van der Waals surface area contributed by atoms with Gasteiger partial charge >= 0.3 is 0 Å². The van der Waals surface area contributed by atoms with Crippen LogP contribution in [0.1, 0.15) is 12.5 Å². The summed E-state index contributed by atoms with van der Waals surface area (Å²) in [5.74, 6) is 1.67. The molecule has 0 aromatic heterocycles. The lowest BCUT2D eigenvalue weighted by atomic mass is 10.2. The van der Waals surface area contributed by atoms with Crippen LogP contribution in [0.15, 0.2) is 40.9 Å². The Kier molecular flexibility index (Phi) is 6.96. The van der Waals surface area contributed by atoms with Crippen LogP contribution in [-0.2, 0) is 11.3 Å². The number of ether oxygens (including phenoxy) is 3. The van der Waals surface area contributed by atoms with E-state index in [4.69, 9.17) is 25.8 Å². The summed E-state index contributed by atoms with van der Waals surface area (Å²) in [7, 11) is 3.17. The molecule has 0 heterocycles. The molecule has 1 amide bonds. The van der Waals surface area contributed by atoms with Crippen molar-refractivity contribution in [2.45, 2.75) is 19.6 Å². The van der Waals surface area contributed by atoms with Crippen LogP contribution in [0.4, 0.5) is 0 Å². The molecule has 1 N–H and O–H groups in total. The Morgan fingerprint density at radius 1 is 1.16 bits per heavy atom. The minimum Gasteiger partial charge on any atom is -0.497 e. The quantitative estimate of drug-likeness (QED) is 0.718. The molecule has 5 nitrogen and oxygen atoms in total. The van der Waals surface area contributed by atoms with Crippen molar-refractivity contribution in [3.05, 3.63) is 51.5 Å². The van der Waals surface area contributed by atoms with E-state index in [1.54, 1.807) is 51.5 Å². The fourth-order valence-corrected chi connectivity index (χ4v) is 2.94. The average molecular weight is 429 g/mol. The van der Waals surface area contributed by atoms with Crippen molar-refractivity contribution >= 4 is 33.4 Å². The van der Waals surface area contributed by atoms with Gasteiger partial charge in [-0.25, -0.2) is 0 Å². The Morgan fingerprint density at radius 2 is 1.88 bits per heavy atom. The molecule has 2 rings (SSSR count). The maximum absolute atomic E-state index is 12.3. The Bertz CT molecular complexity index is 754. The molecule has 0 saturated carbocycles. The van der Waals surface area contributed by atoms with E-state index in [0.29, 0.717) is 33.3 Å². The number of benzene rings is 2. The Morgan fingerprint density at radius 3 is 2.52 bits per heavy atom. The summed E-state index contributed by atoms with van der Waals surface area (Å²) < 4.78 is 16.9. The van der Waals surface area contributed by atoms with E-state index >= 15 is 0 Å². The summed E-state index contributed by atoms with van der Waals surface area (Å²) >= 11 is 9.26. The SMILES string of the molecule is COc1ccc(OC)c(CNC(=O)C(C)Oc2ccc(Cl)cc2Br)c1. The lowest BCUT2D eigenvalue weighted by Gasteiger charge is -2.17. The standard InChI is InChI=1S/C18H19BrClNO4/c1-11(25-17-6-4-13(20)9-15(17)19)18(22)21-10-12-8-14(23-2)5-7-16(12)24-3/h4-9,11H,10H2,1-3H3,(H,21,22). The largest absolute Gasteiger partial charge is 0.497 e. The number of carbonyl (C=O) groups is 1. The van der Waals surface area contributed by atoms with Crippen molar-refractivity contribution in [3.8, 4) is 17.2 Å². The first-order chi connectivity index (χ1) is 11.9. The van der Waals surface area contributed by atoms with Gasteiger partial charge in [-0.15, -0.1) is 0 Å². The first-order valence-corrected chi connectivity index (χ1v) is 8.72. The minimum absolute atomic E-state index is 0.244. The third-order valence-corrected chi connectivity index (χ3v) is 4.36. The molecule has 1 unspecified atom stereocenters. The molecule has 25 heavy (non-hydrogen) atoms. The number of methoxy groups -OCH3 is 2. The van der Waals surface area contributed by atoms with E-state index < -0.39 is 6.10 Å². The smallest absolute Gasteiger partial charge is 0.261 e. The van der Waals surface area contributed by atoms with Gasteiger partial charge in [0.2, 0.25) is 0 Å². The van der Waals surface area contributed by atoms with Crippen LogP contribution >= 0.6 is 27.5 Å². The van der Waals surface area contributed by atoms with Crippen molar-refractivity contribution in [3.63, 3.8) is 0 Å². The van der Waals surface area contributed by atoms with Crippen molar-refractivity contribution < 1.29 is 19.0 Å². The molecule has 0 aliphatic heterocycles. The average Bonchev–Trinajstić information content (AvgIpc) is 2.61. The molecule has 0 bridgehead atoms. The van der Waals surface area contributed by atoms with Gasteiger partial charge in [-0.3, -0.25) is 4.79 Å². The number of halogens is 2. The van der Waals surface area contributed by atoms with Crippen LogP contribution < -0.4 is 19.5 Å². The van der Waals surface area contributed by atoms with Gasteiger partial charge in [0.05, 0.1) is 18.7 Å². The van der Waals surface area contributed by atoms with Crippen LogP contribution in [0.25, 0.3) is 0 Å². The van der Waals surface area contributed by atoms with Crippen LogP contribution in [0.3, 0.4) is 0 Å². The highest BCUT2D eigenvalue weighted by atomic mass is 79.9. The fourth-order valence-electron chi connectivity index (χ4n) is 2.16. The highest BCUT2D eigenvalue weighted by molar-refractivity contribution is 9.10. The molecule has 0 aliphatic carbocycles. The summed E-state index contributed by atoms with van der Waals surface area (Å²) in [6, 6.07) is 10.5. The van der Waals surface area contributed by atoms with Gasteiger partial charge in [0.1, 0.15) is 17.2 Å². The van der Waals surface area contributed by atoms with Gasteiger partial charge in [-0.1, -0.05) is 11.6 Å². The molecule has 0 saturated heterocycles. The third-order valence-electron chi connectivity index (χ3n) is 3.51. The minimum atomic E-state index is -0.672. The summed E-state index contributed by atoms with van der Waals surface area (Å²) in [6.45, 7) is 1.98. The molecule has 0 radical (unpaired) electrons. The normalized spacial score (nSPS) is 11.6. The number of rotatable bonds is 7. The molecule has 7 heteroatoms. The fraction of sp³-hybridized carbons (Fsp3) is 0.278. The van der Waals surface area contributed by atoms with E-state index in [1.807, 2.05) is 6.07 Å². The van der Waals surface area contributed by atoms with Crippen molar-refractivity contribution in [1.29, 1.82) is 0 Å². The predicted octanol–water partition coefficient (Wildman–Crippen LogP) is 4.20.